The maximum absolute atomic E-state index is 12.8. The molecule has 1 fully saturated rings. The molecule has 4 heterocycles. The van der Waals surface area contributed by atoms with Gasteiger partial charge < -0.3 is 4.90 Å². The van der Waals surface area contributed by atoms with E-state index >= 15 is 0 Å². The summed E-state index contributed by atoms with van der Waals surface area (Å²) in [4.78, 5) is 19.5. The van der Waals surface area contributed by atoms with Crippen LogP contribution in [-0.2, 0) is 0 Å². The molecular formula is C21H26N6O. The number of aromatic nitrogens is 5. The van der Waals surface area contributed by atoms with E-state index < -0.39 is 0 Å². The standard InChI is InChI=1S/C21H26N6O/c1-12(2)18-9-20(26-25-18)21(28)27-6-5-15(11-27)19-8-16(7-13(3)23-19)17-10-22-24-14(17)4/h7-10,12,15H,5-6,11H2,1-4H3,(H,22,24)(H,25,26). The van der Waals surface area contributed by atoms with E-state index in [0.717, 1.165) is 46.9 Å². The zero-order valence-electron chi connectivity index (χ0n) is 16.8. The molecule has 28 heavy (non-hydrogen) atoms. The van der Waals surface area contributed by atoms with E-state index in [4.69, 9.17) is 4.98 Å². The van der Waals surface area contributed by atoms with E-state index in [1.165, 1.54) is 0 Å². The number of aryl methyl sites for hydroxylation is 2. The molecule has 3 aromatic heterocycles. The van der Waals surface area contributed by atoms with Gasteiger partial charge in [0.05, 0.1) is 6.20 Å². The van der Waals surface area contributed by atoms with Crippen molar-refractivity contribution in [1.29, 1.82) is 0 Å². The van der Waals surface area contributed by atoms with Crippen LogP contribution in [0.25, 0.3) is 11.1 Å². The minimum atomic E-state index is -0.00999. The molecule has 1 unspecified atom stereocenters. The first-order valence-electron chi connectivity index (χ1n) is 9.76. The molecule has 4 rings (SSSR count). The number of amides is 1. The van der Waals surface area contributed by atoms with E-state index in [9.17, 15) is 4.79 Å². The minimum absolute atomic E-state index is 0.00999. The molecule has 0 saturated carbocycles. The second-order valence-electron chi connectivity index (χ2n) is 7.93. The van der Waals surface area contributed by atoms with Crippen LogP contribution in [0, 0.1) is 13.8 Å². The summed E-state index contributed by atoms with van der Waals surface area (Å²) in [5.74, 6) is 0.546. The predicted molar refractivity (Wildman–Crippen MR) is 107 cm³/mol. The Labute approximate surface area is 164 Å². The first-order valence-corrected chi connectivity index (χ1v) is 9.76. The lowest BCUT2D eigenvalue weighted by molar-refractivity contribution is 0.0785. The highest BCUT2D eigenvalue weighted by atomic mass is 16.2. The van der Waals surface area contributed by atoms with Gasteiger partial charge in [0.15, 0.2) is 0 Å². The van der Waals surface area contributed by atoms with Crippen LogP contribution < -0.4 is 0 Å². The zero-order valence-corrected chi connectivity index (χ0v) is 16.8. The average Bonchev–Trinajstić information content (AvgIpc) is 3.40. The monoisotopic (exact) mass is 378 g/mol. The summed E-state index contributed by atoms with van der Waals surface area (Å²) in [7, 11) is 0. The van der Waals surface area contributed by atoms with Crippen LogP contribution >= 0.6 is 0 Å². The smallest absolute Gasteiger partial charge is 0.274 e. The van der Waals surface area contributed by atoms with Crippen molar-refractivity contribution in [2.45, 2.75) is 46.0 Å². The molecule has 146 valence electrons. The Kier molecular flexibility index (Phi) is 4.75. The third-order valence-corrected chi connectivity index (χ3v) is 5.45. The summed E-state index contributed by atoms with van der Waals surface area (Å²) in [5.41, 5.74) is 6.75. The van der Waals surface area contributed by atoms with Crippen LogP contribution in [0.2, 0.25) is 0 Å². The number of carbonyl (C=O) groups excluding carboxylic acids is 1. The van der Waals surface area contributed by atoms with Crippen molar-refractivity contribution < 1.29 is 4.79 Å². The largest absolute Gasteiger partial charge is 0.337 e. The summed E-state index contributed by atoms with van der Waals surface area (Å²) >= 11 is 0. The van der Waals surface area contributed by atoms with Crippen LogP contribution in [-0.4, -0.2) is 49.3 Å². The van der Waals surface area contributed by atoms with E-state index in [1.54, 1.807) is 0 Å². The number of likely N-dealkylation sites (tertiary alicyclic amines) is 1. The molecule has 0 aliphatic carbocycles. The topological polar surface area (TPSA) is 90.6 Å². The molecular weight excluding hydrogens is 352 g/mol. The van der Waals surface area contributed by atoms with E-state index in [2.05, 4.69) is 46.4 Å². The molecule has 3 aromatic rings. The van der Waals surface area contributed by atoms with Crippen molar-refractivity contribution >= 4 is 5.91 Å². The fourth-order valence-corrected chi connectivity index (χ4v) is 3.79. The first-order chi connectivity index (χ1) is 13.4. The number of carbonyl (C=O) groups is 1. The van der Waals surface area contributed by atoms with E-state index in [1.807, 2.05) is 31.0 Å². The highest BCUT2D eigenvalue weighted by Gasteiger charge is 2.30. The minimum Gasteiger partial charge on any atom is -0.337 e. The van der Waals surface area contributed by atoms with Gasteiger partial charge >= 0.3 is 0 Å². The van der Waals surface area contributed by atoms with Crippen molar-refractivity contribution in [1.82, 2.24) is 30.3 Å². The SMILES string of the molecule is Cc1cc(-c2cn[nH]c2C)cc(C2CCN(C(=O)c3cc(C(C)C)[nH]n3)C2)n1. The Morgan fingerprint density at radius 1 is 1.21 bits per heavy atom. The van der Waals surface area contributed by atoms with Gasteiger partial charge in [0, 0.05) is 47.3 Å². The molecule has 2 N–H and O–H groups in total. The van der Waals surface area contributed by atoms with Gasteiger partial charge in [-0.05, 0) is 49.9 Å². The number of hydrogen-bond acceptors (Lipinski definition) is 4. The molecule has 1 aliphatic rings. The number of rotatable bonds is 4. The summed E-state index contributed by atoms with van der Waals surface area (Å²) in [6, 6.07) is 6.08. The van der Waals surface area contributed by atoms with Crippen molar-refractivity contribution in [2.24, 2.45) is 0 Å². The number of hydrogen-bond donors (Lipinski definition) is 2. The molecule has 0 bridgehead atoms. The normalized spacial score (nSPS) is 16.9. The molecule has 1 atom stereocenters. The Bertz CT molecular complexity index is 1000. The highest BCUT2D eigenvalue weighted by Crippen LogP contribution is 2.31. The lowest BCUT2D eigenvalue weighted by Crippen LogP contribution is -2.28. The fraction of sp³-hybridized carbons (Fsp3) is 0.429. The Hall–Kier alpha value is -2.96. The van der Waals surface area contributed by atoms with Crippen molar-refractivity contribution in [3.8, 4) is 11.1 Å². The summed E-state index contributed by atoms with van der Waals surface area (Å²) in [6.07, 6.45) is 2.76. The zero-order chi connectivity index (χ0) is 19.8. The Morgan fingerprint density at radius 2 is 2.04 bits per heavy atom. The maximum Gasteiger partial charge on any atom is 0.274 e. The first kappa shape index (κ1) is 18.4. The van der Waals surface area contributed by atoms with Gasteiger partial charge in [-0.3, -0.25) is 20.0 Å². The predicted octanol–water partition coefficient (Wildman–Crippen LogP) is 3.56. The average molecular weight is 378 g/mol. The second-order valence-corrected chi connectivity index (χ2v) is 7.93. The molecule has 0 spiro atoms. The summed E-state index contributed by atoms with van der Waals surface area (Å²) in [6.45, 7) is 9.58. The third-order valence-electron chi connectivity index (χ3n) is 5.45. The van der Waals surface area contributed by atoms with Crippen LogP contribution in [0.4, 0.5) is 0 Å². The molecule has 0 aromatic carbocycles. The van der Waals surface area contributed by atoms with Crippen LogP contribution in [0.15, 0.2) is 24.4 Å². The molecule has 0 radical (unpaired) electrons. The molecule has 1 aliphatic heterocycles. The van der Waals surface area contributed by atoms with Gasteiger partial charge in [0.25, 0.3) is 5.91 Å². The van der Waals surface area contributed by atoms with Crippen molar-refractivity contribution in [3.05, 3.63) is 52.9 Å². The molecule has 1 saturated heterocycles. The highest BCUT2D eigenvalue weighted by molar-refractivity contribution is 5.92. The number of pyridine rings is 1. The maximum atomic E-state index is 12.8. The van der Waals surface area contributed by atoms with Gasteiger partial charge in [0.1, 0.15) is 5.69 Å². The van der Waals surface area contributed by atoms with Gasteiger partial charge in [-0.1, -0.05) is 13.8 Å². The van der Waals surface area contributed by atoms with Gasteiger partial charge in [-0.25, -0.2) is 0 Å². The third kappa shape index (κ3) is 3.44. The van der Waals surface area contributed by atoms with Crippen LogP contribution in [0.3, 0.4) is 0 Å². The van der Waals surface area contributed by atoms with Gasteiger partial charge in [-0.2, -0.15) is 10.2 Å². The van der Waals surface area contributed by atoms with E-state index in [0.29, 0.717) is 18.2 Å². The second kappa shape index (κ2) is 7.22. The quantitative estimate of drug-likeness (QED) is 0.726. The fourth-order valence-electron chi connectivity index (χ4n) is 3.79. The van der Waals surface area contributed by atoms with Crippen molar-refractivity contribution in [2.75, 3.05) is 13.1 Å². The summed E-state index contributed by atoms with van der Waals surface area (Å²) in [5, 5.41) is 14.3. The molecule has 1 amide bonds. The number of nitrogens with one attached hydrogen (secondary N) is 2. The molecule has 7 nitrogen and oxygen atoms in total. The lowest BCUT2D eigenvalue weighted by Gasteiger charge is -2.16. The van der Waals surface area contributed by atoms with Gasteiger partial charge in [-0.15, -0.1) is 0 Å². The lowest BCUT2D eigenvalue weighted by atomic mass is 9.99. The number of H-pyrrole nitrogens is 2. The summed E-state index contributed by atoms with van der Waals surface area (Å²) < 4.78 is 0. The van der Waals surface area contributed by atoms with Gasteiger partial charge in [0.2, 0.25) is 0 Å². The number of nitrogens with zero attached hydrogens (tertiary/aromatic N) is 4. The van der Waals surface area contributed by atoms with E-state index in [-0.39, 0.29) is 11.8 Å². The van der Waals surface area contributed by atoms with Crippen LogP contribution in [0.1, 0.15) is 65.4 Å². The number of aromatic amines is 2. The Balaban J connectivity index is 1.53. The van der Waals surface area contributed by atoms with Crippen LogP contribution in [0.5, 0.6) is 0 Å². The Morgan fingerprint density at radius 3 is 2.71 bits per heavy atom. The van der Waals surface area contributed by atoms with Crippen molar-refractivity contribution in [3.63, 3.8) is 0 Å². The molecule has 7 heteroatoms.